The van der Waals surface area contributed by atoms with E-state index in [1.54, 1.807) is 12.1 Å². The van der Waals surface area contributed by atoms with Crippen LogP contribution in [0.25, 0.3) is 0 Å². The van der Waals surface area contributed by atoms with Crippen molar-refractivity contribution in [3.05, 3.63) is 47.5 Å². The van der Waals surface area contributed by atoms with Crippen molar-refractivity contribution in [1.82, 2.24) is 20.0 Å². The van der Waals surface area contributed by atoms with Crippen molar-refractivity contribution in [3.8, 4) is 5.75 Å². The minimum atomic E-state index is -0.307. The van der Waals surface area contributed by atoms with Gasteiger partial charge < -0.3 is 15.0 Å². The number of hydrogen-bond donors (Lipinski definition) is 1. The molecule has 1 atom stereocenters. The fourth-order valence-electron chi connectivity index (χ4n) is 3.33. The number of ether oxygens (including phenoxy) is 1. The Morgan fingerprint density at radius 1 is 1.44 bits per heavy atom. The van der Waals surface area contributed by atoms with Crippen molar-refractivity contribution in [2.24, 2.45) is 5.92 Å². The van der Waals surface area contributed by atoms with Gasteiger partial charge >= 0.3 is 6.03 Å². The summed E-state index contributed by atoms with van der Waals surface area (Å²) in [4.78, 5) is 14.4. The molecule has 7 heteroatoms. The number of aryl methyl sites for hydroxylation is 2. The molecule has 2 aromatic rings. The smallest absolute Gasteiger partial charge is 0.317 e. The van der Waals surface area contributed by atoms with Gasteiger partial charge in [-0.2, -0.15) is 5.10 Å². The van der Waals surface area contributed by atoms with Gasteiger partial charge in [0.2, 0.25) is 0 Å². The number of benzene rings is 1. The third-order valence-electron chi connectivity index (χ3n) is 4.89. The van der Waals surface area contributed by atoms with Crippen molar-refractivity contribution in [2.75, 3.05) is 19.7 Å². The highest BCUT2D eigenvalue weighted by Gasteiger charge is 2.24. The Bertz CT molecular complexity index is 777. The summed E-state index contributed by atoms with van der Waals surface area (Å²) in [5.41, 5.74) is 1.98. The first kappa shape index (κ1) is 19.2. The molecule has 1 N–H and O–H groups in total. The number of hydrogen-bond acceptors (Lipinski definition) is 3. The van der Waals surface area contributed by atoms with Gasteiger partial charge in [0.05, 0.1) is 12.3 Å². The van der Waals surface area contributed by atoms with Crippen molar-refractivity contribution in [3.63, 3.8) is 0 Å². The molecule has 0 aliphatic carbocycles. The van der Waals surface area contributed by atoms with E-state index in [9.17, 15) is 9.18 Å². The maximum atomic E-state index is 13.2. The number of rotatable bonds is 6. The number of aromatic nitrogens is 2. The van der Waals surface area contributed by atoms with Gasteiger partial charge in [-0.15, -0.1) is 0 Å². The summed E-state index contributed by atoms with van der Waals surface area (Å²) in [5.74, 6) is 0.469. The fourth-order valence-corrected chi connectivity index (χ4v) is 3.33. The number of nitrogens with one attached hydrogen (secondary N) is 1. The molecule has 1 aliphatic heterocycles. The second kappa shape index (κ2) is 8.88. The third kappa shape index (κ3) is 5.21. The molecule has 6 nitrogen and oxygen atoms in total. The molecular formula is C20H27FN4O2. The standard InChI is InChI=1S/C20H27FN4O2/c1-3-25-13-17(15(2)23-25)11-22-20(26)24-9-5-6-16(12-24)14-27-19-8-4-7-18(21)10-19/h4,7-8,10,13,16H,3,5-6,9,11-12,14H2,1-2H3,(H,22,26)/t16-/m0/s1. The Kier molecular flexibility index (Phi) is 6.32. The number of piperidine rings is 1. The number of carbonyl (C=O) groups is 1. The summed E-state index contributed by atoms with van der Waals surface area (Å²) >= 11 is 0. The molecule has 3 rings (SSSR count). The van der Waals surface area contributed by atoms with Gasteiger partial charge in [0.15, 0.2) is 0 Å². The monoisotopic (exact) mass is 374 g/mol. The molecule has 1 aromatic carbocycles. The van der Waals surface area contributed by atoms with Crippen LogP contribution >= 0.6 is 0 Å². The maximum absolute atomic E-state index is 13.2. The zero-order valence-corrected chi connectivity index (χ0v) is 15.9. The van der Waals surface area contributed by atoms with Crippen LogP contribution in [0.2, 0.25) is 0 Å². The summed E-state index contributed by atoms with van der Waals surface area (Å²) in [6.07, 6.45) is 3.92. The average molecular weight is 374 g/mol. The number of nitrogens with zero attached hydrogens (tertiary/aromatic N) is 3. The van der Waals surface area contributed by atoms with E-state index < -0.39 is 0 Å². The number of urea groups is 1. The zero-order valence-electron chi connectivity index (χ0n) is 15.9. The second-order valence-corrected chi connectivity index (χ2v) is 6.98. The first-order valence-corrected chi connectivity index (χ1v) is 9.49. The molecule has 0 bridgehead atoms. The third-order valence-corrected chi connectivity index (χ3v) is 4.89. The summed E-state index contributed by atoms with van der Waals surface area (Å²) < 4.78 is 20.8. The van der Waals surface area contributed by atoms with E-state index in [-0.39, 0.29) is 17.8 Å². The number of carbonyl (C=O) groups excluding carboxylic acids is 1. The Labute approximate surface area is 159 Å². The summed E-state index contributed by atoms with van der Waals surface area (Å²) in [7, 11) is 0. The van der Waals surface area contributed by atoms with E-state index in [1.807, 2.05) is 29.6 Å². The minimum Gasteiger partial charge on any atom is -0.493 e. The van der Waals surface area contributed by atoms with E-state index in [0.29, 0.717) is 25.4 Å². The normalized spacial score (nSPS) is 17.0. The topological polar surface area (TPSA) is 59.4 Å². The lowest BCUT2D eigenvalue weighted by atomic mass is 9.99. The maximum Gasteiger partial charge on any atom is 0.317 e. The van der Waals surface area contributed by atoms with Crippen molar-refractivity contribution in [1.29, 1.82) is 0 Å². The van der Waals surface area contributed by atoms with Crippen molar-refractivity contribution in [2.45, 2.75) is 39.8 Å². The molecule has 2 heterocycles. The molecule has 0 saturated carbocycles. The minimum absolute atomic E-state index is 0.0610. The van der Waals surface area contributed by atoms with Crippen LogP contribution in [0.4, 0.5) is 9.18 Å². The highest BCUT2D eigenvalue weighted by atomic mass is 19.1. The number of halogens is 1. The molecule has 0 spiro atoms. The molecule has 0 unspecified atom stereocenters. The Morgan fingerprint density at radius 3 is 3.04 bits per heavy atom. The molecular weight excluding hydrogens is 347 g/mol. The van der Waals surface area contributed by atoms with Gasteiger partial charge in [-0.25, -0.2) is 9.18 Å². The first-order chi connectivity index (χ1) is 13.0. The molecule has 1 aromatic heterocycles. The molecule has 1 saturated heterocycles. The lowest BCUT2D eigenvalue weighted by Crippen LogP contribution is -2.46. The van der Waals surface area contributed by atoms with Gasteiger partial charge in [-0.1, -0.05) is 6.07 Å². The predicted molar refractivity (Wildman–Crippen MR) is 101 cm³/mol. The number of likely N-dealkylation sites (tertiary alicyclic amines) is 1. The lowest BCUT2D eigenvalue weighted by molar-refractivity contribution is 0.137. The highest BCUT2D eigenvalue weighted by Crippen LogP contribution is 2.19. The van der Waals surface area contributed by atoms with E-state index in [0.717, 1.165) is 37.2 Å². The van der Waals surface area contributed by atoms with Crippen LogP contribution in [-0.2, 0) is 13.1 Å². The van der Waals surface area contributed by atoms with Gasteiger partial charge in [0.1, 0.15) is 11.6 Å². The second-order valence-electron chi connectivity index (χ2n) is 6.98. The molecule has 27 heavy (non-hydrogen) atoms. The highest BCUT2D eigenvalue weighted by molar-refractivity contribution is 5.74. The van der Waals surface area contributed by atoms with Crippen LogP contribution in [0, 0.1) is 18.7 Å². The van der Waals surface area contributed by atoms with Crippen LogP contribution in [0.1, 0.15) is 31.0 Å². The first-order valence-electron chi connectivity index (χ1n) is 9.49. The molecule has 1 fully saturated rings. The fraction of sp³-hybridized carbons (Fsp3) is 0.500. The van der Waals surface area contributed by atoms with E-state index in [2.05, 4.69) is 10.4 Å². The summed E-state index contributed by atoms with van der Waals surface area (Å²) in [5, 5.41) is 7.39. The van der Waals surface area contributed by atoms with E-state index >= 15 is 0 Å². The SMILES string of the molecule is CCn1cc(CNC(=O)N2CCC[C@H](COc3cccc(F)c3)C2)c(C)n1. The van der Waals surface area contributed by atoms with E-state index in [4.69, 9.17) is 4.74 Å². The van der Waals surface area contributed by atoms with Crippen LogP contribution < -0.4 is 10.1 Å². The molecule has 2 amide bonds. The lowest BCUT2D eigenvalue weighted by Gasteiger charge is -2.32. The van der Waals surface area contributed by atoms with Gasteiger partial charge in [0, 0.05) is 49.9 Å². The Morgan fingerprint density at radius 2 is 2.30 bits per heavy atom. The number of amides is 2. The quantitative estimate of drug-likeness (QED) is 0.844. The largest absolute Gasteiger partial charge is 0.493 e. The van der Waals surface area contributed by atoms with Gasteiger partial charge in [0.25, 0.3) is 0 Å². The summed E-state index contributed by atoms with van der Waals surface area (Å²) in [6.45, 7) is 7.15. The Balaban J connectivity index is 1.48. The van der Waals surface area contributed by atoms with Gasteiger partial charge in [-0.3, -0.25) is 4.68 Å². The molecule has 0 radical (unpaired) electrons. The molecule has 1 aliphatic rings. The Hall–Kier alpha value is -2.57. The molecule has 146 valence electrons. The van der Waals surface area contributed by atoms with Crippen molar-refractivity contribution < 1.29 is 13.9 Å². The van der Waals surface area contributed by atoms with Crippen LogP contribution in [0.5, 0.6) is 5.75 Å². The predicted octanol–water partition coefficient (Wildman–Crippen LogP) is 3.35. The van der Waals surface area contributed by atoms with Crippen LogP contribution in [-0.4, -0.2) is 40.4 Å². The average Bonchev–Trinajstić information content (AvgIpc) is 3.04. The van der Waals surface area contributed by atoms with E-state index in [1.165, 1.54) is 12.1 Å². The zero-order chi connectivity index (χ0) is 19.2. The van der Waals surface area contributed by atoms with Crippen molar-refractivity contribution >= 4 is 6.03 Å². The van der Waals surface area contributed by atoms with Gasteiger partial charge in [-0.05, 0) is 38.8 Å². The summed E-state index contributed by atoms with van der Waals surface area (Å²) in [6, 6.07) is 6.09. The van der Waals surface area contributed by atoms with Crippen LogP contribution in [0.15, 0.2) is 30.5 Å². The van der Waals surface area contributed by atoms with Crippen LogP contribution in [0.3, 0.4) is 0 Å².